The SMILES string of the molecule is Cc1cccc(-c2cccc(N(C)c3ccc(C(F)(F)F)cc3)n2)n1. The van der Waals surface area contributed by atoms with Gasteiger partial charge in [-0.3, -0.25) is 4.98 Å². The highest BCUT2D eigenvalue weighted by Crippen LogP contribution is 2.31. The molecule has 0 saturated carbocycles. The lowest BCUT2D eigenvalue weighted by atomic mass is 10.2. The lowest BCUT2D eigenvalue weighted by molar-refractivity contribution is -0.137. The topological polar surface area (TPSA) is 29.0 Å². The molecule has 0 bridgehead atoms. The van der Waals surface area contributed by atoms with E-state index in [1.807, 2.05) is 37.3 Å². The van der Waals surface area contributed by atoms with Crippen molar-refractivity contribution in [2.24, 2.45) is 0 Å². The first-order valence-electron chi connectivity index (χ1n) is 7.67. The summed E-state index contributed by atoms with van der Waals surface area (Å²) in [6, 6.07) is 16.2. The summed E-state index contributed by atoms with van der Waals surface area (Å²) in [5, 5.41) is 0. The Morgan fingerprint density at radius 2 is 1.40 bits per heavy atom. The zero-order valence-corrected chi connectivity index (χ0v) is 13.7. The molecule has 25 heavy (non-hydrogen) atoms. The molecule has 0 atom stereocenters. The lowest BCUT2D eigenvalue weighted by Gasteiger charge is -2.19. The molecule has 1 aromatic carbocycles. The highest BCUT2D eigenvalue weighted by molar-refractivity contribution is 5.63. The molecule has 0 radical (unpaired) electrons. The number of alkyl halides is 3. The monoisotopic (exact) mass is 343 g/mol. The third kappa shape index (κ3) is 3.79. The summed E-state index contributed by atoms with van der Waals surface area (Å²) < 4.78 is 38.1. The molecule has 3 rings (SSSR count). The Labute approximate surface area is 143 Å². The molecule has 0 aliphatic heterocycles. The van der Waals surface area contributed by atoms with Gasteiger partial charge in [0, 0.05) is 18.4 Å². The van der Waals surface area contributed by atoms with Gasteiger partial charge in [-0.25, -0.2) is 4.98 Å². The maximum Gasteiger partial charge on any atom is 0.416 e. The smallest absolute Gasteiger partial charge is 0.329 e. The van der Waals surface area contributed by atoms with Crippen molar-refractivity contribution in [2.75, 3.05) is 11.9 Å². The summed E-state index contributed by atoms with van der Waals surface area (Å²) in [6.45, 7) is 1.90. The third-order valence-electron chi connectivity index (χ3n) is 3.81. The van der Waals surface area contributed by atoms with Crippen molar-refractivity contribution in [3.63, 3.8) is 0 Å². The van der Waals surface area contributed by atoms with Crippen LogP contribution in [0.15, 0.2) is 60.7 Å². The molecule has 3 aromatic rings. The third-order valence-corrected chi connectivity index (χ3v) is 3.81. The number of halogens is 3. The maximum absolute atomic E-state index is 12.7. The molecular weight excluding hydrogens is 327 g/mol. The van der Waals surface area contributed by atoms with E-state index >= 15 is 0 Å². The van der Waals surface area contributed by atoms with Crippen LogP contribution in [0.25, 0.3) is 11.4 Å². The van der Waals surface area contributed by atoms with Gasteiger partial charge in [0.2, 0.25) is 0 Å². The fourth-order valence-electron chi connectivity index (χ4n) is 2.44. The number of hydrogen-bond donors (Lipinski definition) is 0. The van der Waals surface area contributed by atoms with Crippen molar-refractivity contribution >= 4 is 11.5 Å². The highest BCUT2D eigenvalue weighted by Gasteiger charge is 2.30. The molecule has 0 fully saturated rings. The van der Waals surface area contributed by atoms with Crippen molar-refractivity contribution in [3.05, 3.63) is 71.9 Å². The summed E-state index contributed by atoms with van der Waals surface area (Å²) in [5.74, 6) is 0.626. The van der Waals surface area contributed by atoms with Crippen LogP contribution in [0.1, 0.15) is 11.3 Å². The van der Waals surface area contributed by atoms with Gasteiger partial charge in [-0.2, -0.15) is 13.2 Å². The Bertz CT molecular complexity index is 874. The molecule has 6 heteroatoms. The van der Waals surface area contributed by atoms with Gasteiger partial charge >= 0.3 is 6.18 Å². The van der Waals surface area contributed by atoms with Crippen LogP contribution in [0.5, 0.6) is 0 Å². The molecule has 2 heterocycles. The van der Waals surface area contributed by atoms with Gasteiger partial charge in [0.05, 0.1) is 17.0 Å². The summed E-state index contributed by atoms with van der Waals surface area (Å²) >= 11 is 0. The maximum atomic E-state index is 12.7. The van der Waals surface area contributed by atoms with Crippen molar-refractivity contribution < 1.29 is 13.2 Å². The fourth-order valence-corrected chi connectivity index (χ4v) is 2.44. The molecule has 0 N–H and O–H groups in total. The van der Waals surface area contributed by atoms with E-state index in [1.54, 1.807) is 18.0 Å². The molecule has 0 unspecified atom stereocenters. The minimum atomic E-state index is -4.34. The minimum Gasteiger partial charge on any atom is -0.329 e. The van der Waals surface area contributed by atoms with E-state index in [4.69, 9.17) is 0 Å². The van der Waals surface area contributed by atoms with Crippen molar-refractivity contribution in [2.45, 2.75) is 13.1 Å². The van der Waals surface area contributed by atoms with E-state index in [1.165, 1.54) is 12.1 Å². The predicted molar refractivity (Wildman–Crippen MR) is 91.7 cm³/mol. The van der Waals surface area contributed by atoms with E-state index in [2.05, 4.69) is 9.97 Å². The number of pyridine rings is 2. The summed E-state index contributed by atoms with van der Waals surface area (Å²) in [4.78, 5) is 10.8. The largest absolute Gasteiger partial charge is 0.416 e. The van der Waals surface area contributed by atoms with Crippen molar-refractivity contribution in [1.82, 2.24) is 9.97 Å². The van der Waals surface area contributed by atoms with E-state index in [0.29, 0.717) is 17.2 Å². The molecule has 0 saturated heterocycles. The number of rotatable bonds is 3. The Kier molecular flexibility index (Phi) is 4.44. The lowest BCUT2D eigenvalue weighted by Crippen LogP contribution is -2.12. The van der Waals surface area contributed by atoms with Crippen LogP contribution < -0.4 is 4.90 Å². The second-order valence-electron chi connectivity index (χ2n) is 5.65. The fraction of sp³-hybridized carbons (Fsp3) is 0.158. The molecule has 0 spiro atoms. The molecule has 0 aliphatic rings. The van der Waals surface area contributed by atoms with E-state index in [-0.39, 0.29) is 0 Å². The minimum absolute atomic E-state index is 0.620. The van der Waals surface area contributed by atoms with Gasteiger partial charge in [0.15, 0.2) is 0 Å². The Hall–Kier alpha value is -2.89. The standard InChI is InChI=1S/C19H16F3N3/c1-13-5-3-6-16(23-13)17-7-4-8-18(24-17)25(2)15-11-9-14(10-12-15)19(20,21)22/h3-12H,1-2H3. The first-order valence-corrected chi connectivity index (χ1v) is 7.67. The van der Waals surface area contributed by atoms with Gasteiger partial charge in [0.25, 0.3) is 0 Å². The van der Waals surface area contributed by atoms with Crippen LogP contribution in [0.4, 0.5) is 24.7 Å². The number of aryl methyl sites for hydroxylation is 1. The molecule has 128 valence electrons. The number of benzene rings is 1. The predicted octanol–water partition coefficient (Wildman–Crippen LogP) is 5.24. The zero-order valence-electron chi connectivity index (χ0n) is 13.7. The molecule has 0 amide bonds. The van der Waals surface area contributed by atoms with Crippen LogP contribution in [0.2, 0.25) is 0 Å². The average Bonchev–Trinajstić information content (AvgIpc) is 2.60. The van der Waals surface area contributed by atoms with E-state index < -0.39 is 11.7 Å². The van der Waals surface area contributed by atoms with Crippen molar-refractivity contribution in [1.29, 1.82) is 0 Å². The Balaban J connectivity index is 1.90. The van der Waals surface area contributed by atoms with Crippen LogP contribution in [0.3, 0.4) is 0 Å². The number of aromatic nitrogens is 2. The Morgan fingerprint density at radius 3 is 2.00 bits per heavy atom. The summed E-state index contributed by atoms with van der Waals surface area (Å²) in [6.07, 6.45) is -4.34. The van der Waals surface area contributed by atoms with Crippen LogP contribution >= 0.6 is 0 Å². The van der Waals surface area contributed by atoms with Gasteiger partial charge in [-0.1, -0.05) is 12.1 Å². The molecule has 0 aliphatic carbocycles. The van der Waals surface area contributed by atoms with Gasteiger partial charge in [-0.05, 0) is 55.5 Å². The Morgan fingerprint density at radius 1 is 0.800 bits per heavy atom. The second-order valence-corrected chi connectivity index (χ2v) is 5.65. The van der Waals surface area contributed by atoms with Crippen LogP contribution in [0, 0.1) is 6.92 Å². The van der Waals surface area contributed by atoms with Gasteiger partial charge in [0.1, 0.15) is 5.82 Å². The molecular formula is C19H16F3N3. The van der Waals surface area contributed by atoms with Crippen LogP contribution in [-0.2, 0) is 6.18 Å². The van der Waals surface area contributed by atoms with Gasteiger partial charge < -0.3 is 4.90 Å². The average molecular weight is 343 g/mol. The molecule has 2 aromatic heterocycles. The summed E-state index contributed by atoms with van der Waals surface area (Å²) in [7, 11) is 1.76. The number of nitrogens with zero attached hydrogens (tertiary/aromatic N) is 3. The normalized spacial score (nSPS) is 11.4. The summed E-state index contributed by atoms with van der Waals surface area (Å²) in [5.41, 5.74) is 2.30. The van der Waals surface area contributed by atoms with E-state index in [0.717, 1.165) is 23.5 Å². The first-order chi connectivity index (χ1) is 11.8. The highest BCUT2D eigenvalue weighted by atomic mass is 19.4. The van der Waals surface area contributed by atoms with Crippen LogP contribution in [-0.4, -0.2) is 17.0 Å². The van der Waals surface area contributed by atoms with Crippen molar-refractivity contribution in [3.8, 4) is 11.4 Å². The first kappa shape index (κ1) is 17.0. The second kappa shape index (κ2) is 6.55. The number of anilines is 2. The van der Waals surface area contributed by atoms with E-state index in [9.17, 15) is 13.2 Å². The zero-order chi connectivity index (χ0) is 18.0. The number of hydrogen-bond acceptors (Lipinski definition) is 3. The quantitative estimate of drug-likeness (QED) is 0.651. The molecule has 3 nitrogen and oxygen atoms in total. The van der Waals surface area contributed by atoms with Gasteiger partial charge in [-0.15, -0.1) is 0 Å².